The van der Waals surface area contributed by atoms with Crippen molar-refractivity contribution in [2.45, 2.75) is 160 Å². The Labute approximate surface area is 265 Å². The van der Waals surface area contributed by atoms with Crippen LogP contribution < -0.4 is 4.74 Å². The van der Waals surface area contributed by atoms with Crippen LogP contribution in [0.25, 0.3) is 0 Å². The van der Waals surface area contributed by atoms with Gasteiger partial charge in [0, 0.05) is 30.2 Å². The van der Waals surface area contributed by atoms with E-state index in [4.69, 9.17) is 18.3 Å². The first kappa shape index (κ1) is 36.1. The van der Waals surface area contributed by atoms with Crippen LogP contribution in [0.1, 0.15) is 110 Å². The van der Waals surface area contributed by atoms with Crippen molar-refractivity contribution >= 4 is 22.6 Å². The van der Waals surface area contributed by atoms with Gasteiger partial charge in [0.05, 0.1) is 19.3 Å². The quantitative estimate of drug-likeness (QED) is 0.0886. The van der Waals surface area contributed by atoms with Crippen molar-refractivity contribution < 1.29 is 23.1 Å². The van der Waals surface area contributed by atoms with Crippen molar-refractivity contribution in [3.63, 3.8) is 0 Å². The van der Waals surface area contributed by atoms with Crippen LogP contribution in [-0.4, -0.2) is 48.0 Å². The molecule has 0 unspecified atom stereocenters. The number of para-hydroxylation sites is 1. The van der Waals surface area contributed by atoms with Gasteiger partial charge in [-0.1, -0.05) is 98.1 Å². The number of carbonyl (C=O) groups is 1. The molecule has 0 aromatic heterocycles. The number of fused-ring (bicyclic) bond motifs is 3. The van der Waals surface area contributed by atoms with Crippen LogP contribution in [-0.2, 0) is 24.8 Å². The van der Waals surface area contributed by atoms with Crippen LogP contribution in [0.5, 0.6) is 5.75 Å². The number of benzene rings is 1. The maximum absolute atomic E-state index is 11.7. The summed E-state index contributed by atoms with van der Waals surface area (Å²) in [6.07, 6.45) is 12.7. The summed E-state index contributed by atoms with van der Waals surface area (Å²) in [5, 5.41) is 0.303. The van der Waals surface area contributed by atoms with Crippen LogP contribution >= 0.6 is 0 Å². The van der Waals surface area contributed by atoms with E-state index in [9.17, 15) is 4.79 Å². The zero-order chi connectivity index (χ0) is 32.2. The van der Waals surface area contributed by atoms with E-state index in [2.05, 4.69) is 105 Å². The van der Waals surface area contributed by atoms with Crippen molar-refractivity contribution in [1.29, 1.82) is 0 Å². The van der Waals surface area contributed by atoms with Crippen LogP contribution in [0.15, 0.2) is 30.4 Å². The molecule has 5 atom stereocenters. The highest BCUT2D eigenvalue weighted by molar-refractivity contribution is 6.74. The Morgan fingerprint density at radius 3 is 2.30 bits per heavy atom. The SMILES string of the molecule is CCCCC[C@@H](/C=C/[C@@H]1[C@H]2c3cccc(CCCC(=O)OC)c3O[C@H]2C[C@H]1O[Si](C)(C)C(C)(C)C)O[Si](C)(C)C(C)(C)C. The first-order chi connectivity index (χ1) is 19.9. The van der Waals surface area contributed by atoms with Gasteiger partial charge in [0.25, 0.3) is 0 Å². The number of esters is 1. The highest BCUT2D eigenvalue weighted by Crippen LogP contribution is 2.54. The second kappa shape index (κ2) is 14.3. The molecule has 2 aliphatic rings. The summed E-state index contributed by atoms with van der Waals surface area (Å²) >= 11 is 0. The number of aryl methyl sites for hydroxylation is 1. The molecule has 43 heavy (non-hydrogen) atoms. The van der Waals surface area contributed by atoms with Crippen LogP contribution in [0.4, 0.5) is 0 Å². The molecular formula is C36H62O5Si2. The Kier molecular flexibility index (Phi) is 12.0. The molecule has 0 amide bonds. The summed E-state index contributed by atoms with van der Waals surface area (Å²) in [6.45, 7) is 25.7. The van der Waals surface area contributed by atoms with E-state index in [1.165, 1.54) is 37.5 Å². The first-order valence-electron chi connectivity index (χ1n) is 16.8. The van der Waals surface area contributed by atoms with Gasteiger partial charge >= 0.3 is 5.97 Å². The molecule has 1 fully saturated rings. The van der Waals surface area contributed by atoms with Crippen molar-refractivity contribution in [3.05, 3.63) is 41.5 Å². The number of hydrogen-bond donors (Lipinski definition) is 0. The summed E-state index contributed by atoms with van der Waals surface area (Å²) in [4.78, 5) is 11.7. The molecule has 1 aliphatic carbocycles. The standard InChI is InChI=1S/C36H62O5Si2/c1-13-14-15-20-27(40-42(9,10)35(2,3)4)23-24-28-30(41-43(11,12)36(5,6)7)25-31-33(28)29-21-16-18-26(34(29)39-31)19-17-22-32(37)38-8/h16,18,21,23-24,27-28,30-31,33H,13-15,17,19-20,22,25H2,1-12H3/b24-23+/t27-,28-,30+,31-,33-/m0/s1. The monoisotopic (exact) mass is 630 g/mol. The van der Waals surface area contributed by atoms with E-state index in [1.54, 1.807) is 0 Å². The third-order valence-electron chi connectivity index (χ3n) is 10.7. The molecule has 3 rings (SSSR count). The number of carbonyl (C=O) groups excluding carboxylic acids is 1. The maximum Gasteiger partial charge on any atom is 0.305 e. The lowest BCUT2D eigenvalue weighted by Crippen LogP contribution is -2.45. The molecule has 244 valence electrons. The predicted molar refractivity (Wildman–Crippen MR) is 184 cm³/mol. The van der Waals surface area contributed by atoms with Crippen LogP contribution in [0, 0.1) is 5.92 Å². The normalized spacial score (nSPS) is 23.3. The molecule has 0 N–H and O–H groups in total. The summed E-state index contributed by atoms with van der Waals surface area (Å²) in [7, 11) is -2.48. The Morgan fingerprint density at radius 2 is 1.70 bits per heavy atom. The van der Waals surface area contributed by atoms with Crippen molar-refractivity contribution in [1.82, 2.24) is 0 Å². The number of methoxy groups -OCH3 is 1. The van der Waals surface area contributed by atoms with Gasteiger partial charge in [-0.05, 0) is 61.1 Å². The van der Waals surface area contributed by atoms with Gasteiger partial charge < -0.3 is 18.3 Å². The van der Waals surface area contributed by atoms with E-state index in [-0.39, 0.29) is 46.2 Å². The molecule has 1 heterocycles. The Bertz CT molecular complexity index is 1100. The van der Waals surface area contributed by atoms with Gasteiger partial charge in [0.15, 0.2) is 16.6 Å². The molecule has 1 aliphatic heterocycles. The van der Waals surface area contributed by atoms with Crippen molar-refractivity contribution in [3.8, 4) is 5.75 Å². The fourth-order valence-electron chi connectivity index (χ4n) is 5.95. The second-order valence-corrected chi connectivity index (χ2v) is 25.5. The first-order valence-corrected chi connectivity index (χ1v) is 22.6. The molecule has 1 aromatic rings. The number of rotatable bonds is 14. The molecule has 0 radical (unpaired) electrons. The third-order valence-corrected chi connectivity index (χ3v) is 19.7. The summed E-state index contributed by atoms with van der Waals surface area (Å²) in [5.74, 6) is 1.35. The minimum atomic E-state index is -2.00. The molecule has 0 spiro atoms. The number of hydrogen-bond acceptors (Lipinski definition) is 5. The van der Waals surface area contributed by atoms with E-state index in [0.717, 1.165) is 31.4 Å². The summed E-state index contributed by atoms with van der Waals surface area (Å²) in [6, 6.07) is 6.57. The van der Waals surface area contributed by atoms with Gasteiger partial charge in [0.1, 0.15) is 11.9 Å². The lowest BCUT2D eigenvalue weighted by Gasteiger charge is -2.40. The summed E-state index contributed by atoms with van der Waals surface area (Å²) < 4.78 is 25.8. The average molecular weight is 631 g/mol. The van der Waals surface area contributed by atoms with Gasteiger partial charge in [-0.15, -0.1) is 0 Å². The molecule has 1 aromatic carbocycles. The topological polar surface area (TPSA) is 54.0 Å². The minimum Gasteiger partial charge on any atom is -0.489 e. The summed E-state index contributed by atoms with van der Waals surface area (Å²) in [5.41, 5.74) is 2.49. The van der Waals surface area contributed by atoms with E-state index in [1.807, 2.05) is 0 Å². The number of unbranched alkanes of at least 4 members (excludes halogenated alkanes) is 2. The van der Waals surface area contributed by atoms with Gasteiger partial charge in [-0.2, -0.15) is 0 Å². The highest BCUT2D eigenvalue weighted by Gasteiger charge is 2.52. The van der Waals surface area contributed by atoms with E-state index < -0.39 is 16.6 Å². The minimum absolute atomic E-state index is 0.0982. The van der Waals surface area contributed by atoms with E-state index >= 15 is 0 Å². The smallest absolute Gasteiger partial charge is 0.305 e. The predicted octanol–water partition coefficient (Wildman–Crippen LogP) is 9.96. The fourth-order valence-corrected chi connectivity index (χ4v) is 8.62. The molecule has 1 saturated carbocycles. The van der Waals surface area contributed by atoms with Crippen LogP contribution in [0.2, 0.25) is 36.3 Å². The average Bonchev–Trinajstić information content (AvgIpc) is 3.41. The zero-order valence-corrected chi connectivity index (χ0v) is 31.5. The lowest BCUT2D eigenvalue weighted by molar-refractivity contribution is -0.140. The van der Waals surface area contributed by atoms with Gasteiger partial charge in [-0.25, -0.2) is 0 Å². The van der Waals surface area contributed by atoms with Crippen LogP contribution in [0.3, 0.4) is 0 Å². The Morgan fingerprint density at radius 1 is 1.02 bits per heavy atom. The van der Waals surface area contributed by atoms with Crippen molar-refractivity contribution in [2.24, 2.45) is 5.92 Å². The number of ether oxygens (including phenoxy) is 2. The molecule has 5 nitrogen and oxygen atoms in total. The largest absolute Gasteiger partial charge is 0.489 e. The van der Waals surface area contributed by atoms with E-state index in [0.29, 0.717) is 6.42 Å². The zero-order valence-electron chi connectivity index (χ0n) is 29.5. The Hall–Kier alpha value is -1.42. The molecule has 7 heteroatoms. The van der Waals surface area contributed by atoms with Crippen molar-refractivity contribution in [2.75, 3.05) is 7.11 Å². The fraction of sp³-hybridized carbons (Fsp3) is 0.750. The second-order valence-electron chi connectivity index (χ2n) is 16.0. The van der Waals surface area contributed by atoms with Gasteiger partial charge in [-0.3, -0.25) is 4.79 Å². The highest BCUT2D eigenvalue weighted by atomic mass is 28.4. The Balaban J connectivity index is 1.95. The molecule has 0 bridgehead atoms. The third kappa shape index (κ3) is 8.86. The lowest BCUT2D eigenvalue weighted by atomic mass is 9.86. The van der Waals surface area contributed by atoms with Gasteiger partial charge in [0.2, 0.25) is 0 Å². The maximum atomic E-state index is 11.7. The molecular weight excluding hydrogens is 569 g/mol. The molecule has 0 saturated heterocycles.